The van der Waals surface area contributed by atoms with E-state index in [0.29, 0.717) is 23.1 Å². The number of nitrogens with zero attached hydrogens (tertiary/aromatic N) is 1. The van der Waals surface area contributed by atoms with Crippen molar-refractivity contribution in [3.8, 4) is 5.75 Å². The van der Waals surface area contributed by atoms with Crippen LogP contribution in [-0.2, 0) is 14.8 Å². The lowest BCUT2D eigenvalue weighted by Gasteiger charge is -2.25. The molecule has 8 heteroatoms. The Morgan fingerprint density at radius 2 is 1.80 bits per heavy atom. The highest BCUT2D eigenvalue weighted by Crippen LogP contribution is 2.32. The zero-order chi connectivity index (χ0) is 18.4. The van der Waals surface area contributed by atoms with Gasteiger partial charge >= 0.3 is 0 Å². The quantitative estimate of drug-likeness (QED) is 0.798. The molecule has 1 amide bonds. The van der Waals surface area contributed by atoms with E-state index >= 15 is 0 Å². The Morgan fingerprint density at radius 1 is 1.16 bits per heavy atom. The molecule has 0 aliphatic carbocycles. The number of carbonyl (C=O) groups excluding carboxylic acids is 1. The molecular weight excluding hydrogens is 364 g/mol. The van der Waals surface area contributed by atoms with Crippen LogP contribution in [-0.4, -0.2) is 34.5 Å². The number of hydrogen-bond acceptors (Lipinski definition) is 4. The molecule has 25 heavy (non-hydrogen) atoms. The summed E-state index contributed by atoms with van der Waals surface area (Å²) in [5, 5.41) is 2.87. The molecule has 0 heterocycles. The van der Waals surface area contributed by atoms with Crippen LogP contribution in [0, 0.1) is 0 Å². The summed E-state index contributed by atoms with van der Waals surface area (Å²) in [7, 11) is -2.53. The largest absolute Gasteiger partial charge is 0.492 e. The first kappa shape index (κ1) is 19.1. The Bertz CT molecular complexity index is 838. The first-order chi connectivity index (χ1) is 11.9. The summed E-state index contributed by atoms with van der Waals surface area (Å²) in [6, 6.07) is 12.5. The maximum atomic E-state index is 13.1. The highest BCUT2D eigenvalue weighted by atomic mass is 35.5. The minimum atomic E-state index is -3.98. The molecule has 1 N–H and O–H groups in total. The molecule has 0 spiro atoms. The number of anilines is 1. The van der Waals surface area contributed by atoms with Gasteiger partial charge < -0.3 is 10.1 Å². The van der Waals surface area contributed by atoms with Crippen LogP contribution in [0.1, 0.15) is 6.92 Å². The maximum Gasteiger partial charge on any atom is 0.264 e. The van der Waals surface area contributed by atoms with E-state index < -0.39 is 15.9 Å². The molecule has 0 atom stereocenters. The first-order valence-electron chi connectivity index (χ1n) is 7.61. The second-order valence-electron chi connectivity index (χ2n) is 5.04. The molecule has 6 nitrogen and oxygen atoms in total. The molecule has 134 valence electrons. The monoisotopic (exact) mass is 382 g/mol. The summed E-state index contributed by atoms with van der Waals surface area (Å²) in [5.41, 5.74) is 0.294. The molecule has 0 aliphatic heterocycles. The van der Waals surface area contributed by atoms with Crippen LogP contribution in [0.15, 0.2) is 53.4 Å². The summed E-state index contributed by atoms with van der Waals surface area (Å²) < 4.78 is 32.8. The third-order valence-corrected chi connectivity index (χ3v) is 5.43. The lowest BCUT2D eigenvalue weighted by Crippen LogP contribution is -2.40. The molecule has 0 aliphatic rings. The Labute approximate surface area is 152 Å². The van der Waals surface area contributed by atoms with E-state index in [1.807, 2.05) is 0 Å². The van der Waals surface area contributed by atoms with Crippen molar-refractivity contribution in [1.82, 2.24) is 5.32 Å². The van der Waals surface area contributed by atoms with E-state index in [9.17, 15) is 13.2 Å². The van der Waals surface area contributed by atoms with E-state index in [-0.39, 0.29) is 11.4 Å². The van der Waals surface area contributed by atoms with Gasteiger partial charge in [-0.3, -0.25) is 9.10 Å². The van der Waals surface area contributed by atoms with Crippen molar-refractivity contribution in [3.63, 3.8) is 0 Å². The van der Waals surface area contributed by atoms with E-state index in [4.69, 9.17) is 16.3 Å². The number of hydrogen-bond donors (Lipinski definition) is 1. The number of rotatable bonds is 7. The SMILES string of the molecule is CCOc1ccccc1N(CC(=O)NC)S(=O)(=O)c1ccc(Cl)cc1. The fraction of sp³-hybridized carbons (Fsp3) is 0.235. The highest BCUT2D eigenvalue weighted by Gasteiger charge is 2.29. The van der Waals surface area contributed by atoms with Crippen molar-refractivity contribution >= 4 is 33.2 Å². The summed E-state index contributed by atoms with van der Waals surface area (Å²) in [6.45, 7) is 1.80. The average molecular weight is 383 g/mol. The predicted octanol–water partition coefficient (Wildman–Crippen LogP) is 2.68. The third kappa shape index (κ3) is 4.43. The van der Waals surface area contributed by atoms with Crippen LogP contribution in [0.4, 0.5) is 5.69 Å². The normalized spacial score (nSPS) is 11.0. The number of amides is 1. The van der Waals surface area contributed by atoms with Crippen LogP contribution >= 0.6 is 11.6 Å². The summed E-state index contributed by atoms with van der Waals surface area (Å²) in [5.74, 6) is -0.0599. The van der Waals surface area contributed by atoms with Crippen molar-refractivity contribution in [3.05, 3.63) is 53.6 Å². The standard InChI is InChI=1S/C17H19ClN2O4S/c1-3-24-16-7-5-4-6-15(16)20(12-17(21)19-2)25(22,23)14-10-8-13(18)9-11-14/h4-11H,3,12H2,1-2H3,(H,19,21). The minimum absolute atomic E-state index is 0.0344. The highest BCUT2D eigenvalue weighted by molar-refractivity contribution is 7.92. The Kier molecular flexibility index (Phi) is 6.27. The lowest BCUT2D eigenvalue weighted by atomic mass is 10.3. The van der Waals surface area contributed by atoms with Gasteiger partial charge in [0.15, 0.2) is 0 Å². The Morgan fingerprint density at radius 3 is 2.40 bits per heavy atom. The fourth-order valence-corrected chi connectivity index (χ4v) is 3.74. The van der Waals surface area contributed by atoms with Gasteiger partial charge in [-0.15, -0.1) is 0 Å². The molecule has 2 aromatic carbocycles. The molecule has 0 bridgehead atoms. The molecule has 2 rings (SSSR count). The third-order valence-electron chi connectivity index (χ3n) is 3.40. The summed E-state index contributed by atoms with van der Waals surface area (Å²) in [6.07, 6.45) is 0. The van der Waals surface area contributed by atoms with Crippen molar-refractivity contribution in [2.75, 3.05) is 24.5 Å². The van der Waals surface area contributed by atoms with Crippen LogP contribution in [0.25, 0.3) is 0 Å². The van der Waals surface area contributed by atoms with Crippen LogP contribution in [0.3, 0.4) is 0 Å². The van der Waals surface area contributed by atoms with Crippen molar-refractivity contribution in [1.29, 1.82) is 0 Å². The molecular formula is C17H19ClN2O4S. The van der Waals surface area contributed by atoms with Gasteiger partial charge in [0.25, 0.3) is 10.0 Å². The average Bonchev–Trinajstić information content (AvgIpc) is 2.60. The first-order valence-corrected chi connectivity index (χ1v) is 9.42. The summed E-state index contributed by atoms with van der Waals surface area (Å²) in [4.78, 5) is 12.0. The van der Waals surface area contributed by atoms with Gasteiger partial charge in [0.1, 0.15) is 12.3 Å². The fourth-order valence-electron chi connectivity index (χ4n) is 2.18. The number of nitrogens with one attached hydrogen (secondary N) is 1. The second kappa shape index (κ2) is 8.22. The molecule has 0 aromatic heterocycles. The number of carbonyl (C=O) groups is 1. The number of para-hydroxylation sites is 2. The van der Waals surface area contributed by atoms with Gasteiger partial charge in [-0.2, -0.15) is 0 Å². The van der Waals surface area contributed by atoms with Crippen LogP contribution < -0.4 is 14.4 Å². The number of ether oxygens (including phenoxy) is 1. The van der Waals surface area contributed by atoms with Gasteiger partial charge in [0.2, 0.25) is 5.91 Å². The van der Waals surface area contributed by atoms with Gasteiger partial charge in [-0.1, -0.05) is 23.7 Å². The predicted molar refractivity (Wildman–Crippen MR) is 97.7 cm³/mol. The van der Waals surface area contributed by atoms with Crippen LogP contribution in [0.5, 0.6) is 5.75 Å². The molecule has 0 saturated carbocycles. The smallest absolute Gasteiger partial charge is 0.264 e. The van der Waals surface area contributed by atoms with E-state index in [0.717, 1.165) is 4.31 Å². The van der Waals surface area contributed by atoms with E-state index in [2.05, 4.69) is 5.32 Å². The zero-order valence-electron chi connectivity index (χ0n) is 13.9. The molecule has 2 aromatic rings. The van der Waals surface area contributed by atoms with Gasteiger partial charge in [0.05, 0.1) is 17.2 Å². The van der Waals surface area contributed by atoms with E-state index in [1.54, 1.807) is 31.2 Å². The lowest BCUT2D eigenvalue weighted by molar-refractivity contribution is -0.119. The minimum Gasteiger partial charge on any atom is -0.492 e. The van der Waals surface area contributed by atoms with Gasteiger partial charge in [0, 0.05) is 12.1 Å². The second-order valence-corrected chi connectivity index (χ2v) is 7.34. The Balaban J connectivity index is 2.56. The number of benzene rings is 2. The van der Waals surface area contributed by atoms with Gasteiger partial charge in [-0.25, -0.2) is 8.42 Å². The van der Waals surface area contributed by atoms with Crippen LogP contribution in [0.2, 0.25) is 5.02 Å². The maximum absolute atomic E-state index is 13.1. The molecule has 0 fully saturated rings. The van der Waals surface area contributed by atoms with Gasteiger partial charge in [-0.05, 0) is 43.3 Å². The molecule has 0 radical (unpaired) electrons. The zero-order valence-corrected chi connectivity index (χ0v) is 15.5. The topological polar surface area (TPSA) is 75.7 Å². The Hall–Kier alpha value is -2.25. The van der Waals surface area contributed by atoms with Crippen molar-refractivity contribution in [2.45, 2.75) is 11.8 Å². The number of halogens is 1. The summed E-state index contributed by atoms with van der Waals surface area (Å²) >= 11 is 5.84. The molecule has 0 saturated heterocycles. The van der Waals surface area contributed by atoms with Crippen molar-refractivity contribution in [2.24, 2.45) is 0 Å². The number of likely N-dealkylation sites (N-methyl/N-ethyl adjacent to an activating group) is 1. The molecule has 0 unspecified atom stereocenters. The van der Waals surface area contributed by atoms with Crippen molar-refractivity contribution < 1.29 is 17.9 Å². The van der Waals surface area contributed by atoms with E-state index in [1.165, 1.54) is 31.3 Å². The number of sulfonamides is 1.